The Hall–Kier alpha value is -0.920. The van der Waals surface area contributed by atoms with Gasteiger partial charge in [0.25, 0.3) is 0 Å². The first kappa shape index (κ1) is 14.1. The van der Waals surface area contributed by atoms with Crippen LogP contribution in [0.3, 0.4) is 0 Å². The van der Waals surface area contributed by atoms with Gasteiger partial charge in [-0.05, 0) is 17.7 Å². The van der Waals surface area contributed by atoms with Gasteiger partial charge in [-0.25, -0.2) is 0 Å². The molecular formula is C10H12F3NO2S. The molecule has 0 aliphatic carbocycles. The molecule has 96 valence electrons. The van der Waals surface area contributed by atoms with E-state index in [0.29, 0.717) is 0 Å². The molecule has 4 N–H and O–H groups in total. The Balaban J connectivity index is 3.24. The summed E-state index contributed by atoms with van der Waals surface area (Å²) in [4.78, 5) is 0. The maximum Gasteiger partial charge on any atom is 0.416 e. The van der Waals surface area contributed by atoms with Gasteiger partial charge in [-0.2, -0.15) is 25.8 Å². The largest absolute Gasteiger partial charge is 0.416 e. The van der Waals surface area contributed by atoms with Crippen molar-refractivity contribution in [3.05, 3.63) is 29.3 Å². The fraction of sp³-hybridized carbons (Fsp3) is 0.400. The van der Waals surface area contributed by atoms with Crippen molar-refractivity contribution in [2.24, 2.45) is 0 Å². The molecule has 0 saturated carbocycles. The summed E-state index contributed by atoms with van der Waals surface area (Å²) in [5, 5.41) is 18.9. The van der Waals surface area contributed by atoms with Crippen LogP contribution in [0.5, 0.6) is 0 Å². The molecule has 17 heavy (non-hydrogen) atoms. The van der Waals surface area contributed by atoms with Crippen molar-refractivity contribution in [2.75, 3.05) is 11.5 Å². The number of thiol groups is 1. The fourth-order valence-electron chi connectivity index (χ4n) is 1.38. The standard InChI is InChI=1S/C10H12F3NO2S/c11-10(12,13)7-3-5(14)1-2-6(7)9(16)8(15)4-17/h1-3,8-9,15-17H,4,14H2. The second kappa shape index (κ2) is 5.16. The smallest absolute Gasteiger partial charge is 0.399 e. The van der Waals surface area contributed by atoms with E-state index in [9.17, 15) is 23.4 Å². The summed E-state index contributed by atoms with van der Waals surface area (Å²) >= 11 is 3.72. The summed E-state index contributed by atoms with van der Waals surface area (Å²) in [7, 11) is 0. The summed E-state index contributed by atoms with van der Waals surface area (Å²) < 4.78 is 38.1. The molecule has 0 bridgehead atoms. The molecule has 2 atom stereocenters. The molecule has 0 fully saturated rings. The molecule has 7 heteroatoms. The van der Waals surface area contributed by atoms with Gasteiger partial charge in [0, 0.05) is 11.4 Å². The van der Waals surface area contributed by atoms with Crippen molar-refractivity contribution in [3.8, 4) is 0 Å². The highest BCUT2D eigenvalue weighted by molar-refractivity contribution is 7.80. The van der Waals surface area contributed by atoms with Crippen LogP contribution >= 0.6 is 12.6 Å². The second-order valence-electron chi connectivity index (χ2n) is 3.54. The summed E-state index contributed by atoms with van der Waals surface area (Å²) in [5.74, 6) is -0.150. The number of nitrogen functional groups attached to an aromatic ring is 1. The Kier molecular flexibility index (Phi) is 4.29. The Morgan fingerprint density at radius 3 is 2.35 bits per heavy atom. The van der Waals surface area contributed by atoms with Crippen LogP contribution in [0.15, 0.2) is 18.2 Å². The third-order valence-electron chi connectivity index (χ3n) is 2.25. The zero-order valence-corrected chi connectivity index (χ0v) is 9.54. The Bertz CT molecular complexity index is 398. The molecule has 0 aliphatic rings. The average molecular weight is 267 g/mol. The monoisotopic (exact) mass is 267 g/mol. The first-order valence-electron chi connectivity index (χ1n) is 4.71. The van der Waals surface area contributed by atoms with E-state index in [-0.39, 0.29) is 11.4 Å². The van der Waals surface area contributed by atoms with E-state index in [1.165, 1.54) is 6.07 Å². The lowest BCUT2D eigenvalue weighted by molar-refractivity contribution is -0.139. The van der Waals surface area contributed by atoms with Crippen LogP contribution in [0, 0.1) is 0 Å². The van der Waals surface area contributed by atoms with Crippen molar-refractivity contribution in [3.63, 3.8) is 0 Å². The first-order chi connectivity index (χ1) is 7.77. The van der Waals surface area contributed by atoms with E-state index < -0.39 is 29.5 Å². The van der Waals surface area contributed by atoms with Gasteiger partial charge in [0.15, 0.2) is 0 Å². The number of halogens is 3. The third kappa shape index (κ3) is 3.27. The van der Waals surface area contributed by atoms with Gasteiger partial charge in [0.1, 0.15) is 6.10 Å². The van der Waals surface area contributed by atoms with Gasteiger partial charge in [-0.1, -0.05) is 6.07 Å². The normalized spacial score (nSPS) is 15.6. The topological polar surface area (TPSA) is 66.5 Å². The summed E-state index contributed by atoms with van der Waals surface area (Å²) in [6.07, 6.45) is -7.66. The predicted molar refractivity (Wildman–Crippen MR) is 60.7 cm³/mol. The number of nitrogens with two attached hydrogens (primary N) is 1. The van der Waals surface area contributed by atoms with E-state index in [1.54, 1.807) is 0 Å². The molecule has 0 heterocycles. The van der Waals surface area contributed by atoms with Crippen molar-refractivity contribution >= 4 is 18.3 Å². The minimum Gasteiger partial charge on any atom is -0.399 e. The number of aliphatic hydroxyl groups excluding tert-OH is 2. The Morgan fingerprint density at radius 1 is 1.29 bits per heavy atom. The molecular weight excluding hydrogens is 255 g/mol. The Morgan fingerprint density at radius 2 is 1.88 bits per heavy atom. The Labute approximate surface area is 101 Å². The molecule has 0 saturated heterocycles. The number of hydrogen-bond donors (Lipinski definition) is 4. The van der Waals surface area contributed by atoms with Crippen LogP contribution < -0.4 is 5.73 Å². The van der Waals surface area contributed by atoms with Crippen LogP contribution in [0.2, 0.25) is 0 Å². The molecule has 2 unspecified atom stereocenters. The lowest BCUT2D eigenvalue weighted by atomic mass is 9.98. The summed E-state index contributed by atoms with van der Waals surface area (Å²) in [5.41, 5.74) is 3.75. The van der Waals surface area contributed by atoms with E-state index in [2.05, 4.69) is 12.6 Å². The second-order valence-corrected chi connectivity index (χ2v) is 3.90. The predicted octanol–water partition coefficient (Wildman–Crippen LogP) is 1.61. The molecule has 0 amide bonds. The number of benzene rings is 1. The highest BCUT2D eigenvalue weighted by atomic mass is 32.1. The highest BCUT2D eigenvalue weighted by Crippen LogP contribution is 2.36. The molecule has 0 aliphatic heterocycles. The van der Waals surface area contributed by atoms with Crippen LogP contribution in [0.25, 0.3) is 0 Å². The van der Waals surface area contributed by atoms with Crippen molar-refractivity contribution in [1.82, 2.24) is 0 Å². The fourth-order valence-corrected chi connectivity index (χ4v) is 1.58. The van der Waals surface area contributed by atoms with E-state index in [0.717, 1.165) is 12.1 Å². The maximum atomic E-state index is 12.7. The van der Waals surface area contributed by atoms with Crippen LogP contribution in [-0.4, -0.2) is 22.1 Å². The minimum absolute atomic E-state index is 0.0614. The van der Waals surface area contributed by atoms with Gasteiger partial charge in [-0.15, -0.1) is 0 Å². The SMILES string of the molecule is Nc1ccc(C(O)C(O)CS)c(C(F)(F)F)c1. The molecule has 0 aromatic heterocycles. The van der Waals surface area contributed by atoms with Gasteiger partial charge < -0.3 is 15.9 Å². The summed E-state index contributed by atoms with van der Waals surface area (Å²) in [6, 6.07) is 3.01. The van der Waals surface area contributed by atoms with Gasteiger partial charge in [-0.3, -0.25) is 0 Å². The van der Waals surface area contributed by atoms with Crippen molar-refractivity contribution in [1.29, 1.82) is 0 Å². The van der Waals surface area contributed by atoms with Gasteiger partial charge in [0.2, 0.25) is 0 Å². The minimum atomic E-state index is -4.64. The van der Waals surface area contributed by atoms with Crippen LogP contribution in [-0.2, 0) is 6.18 Å². The zero-order valence-electron chi connectivity index (χ0n) is 8.65. The van der Waals surface area contributed by atoms with Gasteiger partial charge >= 0.3 is 6.18 Å². The highest BCUT2D eigenvalue weighted by Gasteiger charge is 2.36. The lowest BCUT2D eigenvalue weighted by Crippen LogP contribution is -2.23. The zero-order chi connectivity index (χ0) is 13.2. The molecule has 0 radical (unpaired) electrons. The quantitative estimate of drug-likeness (QED) is 0.497. The van der Waals surface area contributed by atoms with Crippen molar-refractivity contribution in [2.45, 2.75) is 18.4 Å². The molecule has 3 nitrogen and oxygen atoms in total. The van der Waals surface area contributed by atoms with Crippen LogP contribution in [0.1, 0.15) is 17.2 Å². The third-order valence-corrected chi connectivity index (χ3v) is 2.63. The molecule has 0 spiro atoms. The van der Waals surface area contributed by atoms with E-state index in [1.807, 2.05) is 0 Å². The average Bonchev–Trinajstić information content (AvgIpc) is 2.25. The maximum absolute atomic E-state index is 12.7. The molecule has 1 aromatic carbocycles. The van der Waals surface area contributed by atoms with Crippen LogP contribution in [0.4, 0.5) is 18.9 Å². The number of rotatable bonds is 3. The number of aliphatic hydroxyl groups is 2. The lowest BCUT2D eigenvalue weighted by Gasteiger charge is -2.21. The summed E-state index contributed by atoms with van der Waals surface area (Å²) in [6.45, 7) is 0. The first-order valence-corrected chi connectivity index (χ1v) is 5.34. The molecule has 1 rings (SSSR count). The van der Waals surface area contributed by atoms with E-state index in [4.69, 9.17) is 5.73 Å². The van der Waals surface area contributed by atoms with Crippen molar-refractivity contribution < 1.29 is 23.4 Å². The van der Waals surface area contributed by atoms with Gasteiger partial charge in [0.05, 0.1) is 11.7 Å². The molecule has 1 aromatic rings. The number of alkyl halides is 3. The number of anilines is 1. The van der Waals surface area contributed by atoms with E-state index >= 15 is 0 Å². The number of hydrogen-bond acceptors (Lipinski definition) is 4.